The van der Waals surface area contributed by atoms with Crippen molar-refractivity contribution in [3.05, 3.63) is 28.5 Å². The maximum atomic E-state index is 13.0. The molecule has 1 aromatic rings. The third-order valence-corrected chi connectivity index (χ3v) is 2.36. The van der Waals surface area contributed by atoms with Crippen molar-refractivity contribution in [2.24, 2.45) is 0 Å². The molecule has 0 heterocycles. The first-order chi connectivity index (χ1) is 6.63. The third-order valence-electron chi connectivity index (χ3n) is 1.52. The van der Waals surface area contributed by atoms with E-state index in [2.05, 4.69) is 21.2 Å². The normalized spacial score (nSPS) is 9.93. The summed E-state index contributed by atoms with van der Waals surface area (Å²) in [5.74, 6) is -0.374. The SMILES string of the molecule is O=C(CCCl)Nc1ccc(Br)c(F)c1. The maximum absolute atomic E-state index is 13.0. The van der Waals surface area contributed by atoms with Crippen LogP contribution >= 0.6 is 27.5 Å². The number of nitrogens with one attached hydrogen (secondary N) is 1. The lowest BCUT2D eigenvalue weighted by Gasteiger charge is -2.04. The molecule has 76 valence electrons. The number of carbonyl (C=O) groups is 1. The number of carbonyl (C=O) groups excluding carboxylic acids is 1. The summed E-state index contributed by atoms with van der Waals surface area (Å²) in [7, 11) is 0. The zero-order chi connectivity index (χ0) is 10.6. The summed E-state index contributed by atoms with van der Waals surface area (Å²) in [6, 6.07) is 4.39. The van der Waals surface area contributed by atoms with Gasteiger partial charge in [0, 0.05) is 18.0 Å². The molecule has 1 rings (SSSR count). The molecule has 0 bridgehead atoms. The van der Waals surface area contributed by atoms with Gasteiger partial charge in [-0.05, 0) is 34.1 Å². The van der Waals surface area contributed by atoms with Gasteiger partial charge in [0.05, 0.1) is 4.47 Å². The highest BCUT2D eigenvalue weighted by atomic mass is 79.9. The van der Waals surface area contributed by atoms with Crippen molar-refractivity contribution in [1.82, 2.24) is 0 Å². The second-order valence-corrected chi connectivity index (χ2v) is 3.85. The lowest BCUT2D eigenvalue weighted by molar-refractivity contribution is -0.115. The van der Waals surface area contributed by atoms with E-state index in [1.807, 2.05) is 0 Å². The molecule has 0 aliphatic carbocycles. The van der Waals surface area contributed by atoms with Gasteiger partial charge in [0.25, 0.3) is 0 Å². The molecule has 1 aromatic carbocycles. The summed E-state index contributed by atoms with van der Waals surface area (Å²) in [6.07, 6.45) is 0.221. The van der Waals surface area contributed by atoms with E-state index in [0.29, 0.717) is 10.2 Å². The summed E-state index contributed by atoms with van der Waals surface area (Å²) in [5, 5.41) is 2.53. The zero-order valence-corrected chi connectivity index (χ0v) is 9.53. The molecule has 0 aliphatic rings. The topological polar surface area (TPSA) is 29.1 Å². The Balaban J connectivity index is 2.68. The number of hydrogen-bond donors (Lipinski definition) is 1. The van der Waals surface area contributed by atoms with E-state index in [1.54, 1.807) is 6.07 Å². The van der Waals surface area contributed by atoms with Gasteiger partial charge in [-0.2, -0.15) is 0 Å². The van der Waals surface area contributed by atoms with Crippen molar-refractivity contribution in [2.45, 2.75) is 6.42 Å². The highest BCUT2D eigenvalue weighted by molar-refractivity contribution is 9.10. The summed E-state index contributed by atoms with van der Waals surface area (Å²) >= 11 is 8.39. The van der Waals surface area contributed by atoms with Crippen molar-refractivity contribution >= 4 is 39.1 Å². The van der Waals surface area contributed by atoms with Gasteiger partial charge in [0.15, 0.2) is 0 Å². The first-order valence-corrected chi connectivity index (χ1v) is 5.27. The Bertz CT molecular complexity index is 346. The van der Waals surface area contributed by atoms with Gasteiger partial charge in [0.2, 0.25) is 5.91 Å². The largest absolute Gasteiger partial charge is 0.326 e. The second-order valence-electron chi connectivity index (χ2n) is 2.62. The maximum Gasteiger partial charge on any atom is 0.225 e. The van der Waals surface area contributed by atoms with E-state index >= 15 is 0 Å². The van der Waals surface area contributed by atoms with Crippen LogP contribution in [-0.2, 0) is 4.79 Å². The van der Waals surface area contributed by atoms with Gasteiger partial charge < -0.3 is 5.32 Å². The molecule has 0 spiro atoms. The second kappa shape index (κ2) is 5.32. The monoisotopic (exact) mass is 279 g/mol. The molecule has 0 aliphatic heterocycles. The van der Waals surface area contributed by atoms with Crippen LogP contribution in [0.5, 0.6) is 0 Å². The fraction of sp³-hybridized carbons (Fsp3) is 0.222. The molecule has 0 aromatic heterocycles. The molecule has 14 heavy (non-hydrogen) atoms. The summed E-state index contributed by atoms with van der Waals surface area (Å²) in [4.78, 5) is 11.1. The Morgan fingerprint density at radius 1 is 1.57 bits per heavy atom. The molecule has 5 heteroatoms. The molecular formula is C9H8BrClFNO. The van der Waals surface area contributed by atoms with Crippen LogP contribution in [0.3, 0.4) is 0 Å². The minimum absolute atomic E-state index is 0.221. The van der Waals surface area contributed by atoms with Crippen LogP contribution in [0.2, 0.25) is 0 Å². The summed E-state index contributed by atoms with van der Waals surface area (Å²) < 4.78 is 13.4. The zero-order valence-electron chi connectivity index (χ0n) is 7.19. The number of benzene rings is 1. The Morgan fingerprint density at radius 2 is 2.29 bits per heavy atom. The molecule has 0 fully saturated rings. The van der Waals surface area contributed by atoms with Crippen molar-refractivity contribution in [1.29, 1.82) is 0 Å². The average molecular weight is 281 g/mol. The fourth-order valence-electron chi connectivity index (χ4n) is 0.883. The van der Waals surface area contributed by atoms with Crippen LogP contribution in [0.25, 0.3) is 0 Å². The Kier molecular flexibility index (Phi) is 4.35. The van der Waals surface area contributed by atoms with Gasteiger partial charge >= 0.3 is 0 Å². The quantitative estimate of drug-likeness (QED) is 0.847. The van der Waals surface area contributed by atoms with E-state index in [-0.39, 0.29) is 18.2 Å². The Labute approximate surface area is 94.6 Å². The van der Waals surface area contributed by atoms with E-state index in [4.69, 9.17) is 11.6 Å². The molecule has 0 unspecified atom stereocenters. The van der Waals surface area contributed by atoms with Gasteiger partial charge in [-0.15, -0.1) is 11.6 Å². The van der Waals surface area contributed by atoms with E-state index in [9.17, 15) is 9.18 Å². The fourth-order valence-corrected chi connectivity index (χ4v) is 1.30. The minimum Gasteiger partial charge on any atom is -0.326 e. The highest BCUT2D eigenvalue weighted by Gasteiger charge is 2.03. The lowest BCUT2D eigenvalue weighted by atomic mass is 10.3. The lowest BCUT2D eigenvalue weighted by Crippen LogP contribution is -2.11. The first kappa shape index (κ1) is 11.5. The van der Waals surface area contributed by atoms with Gasteiger partial charge in [0.1, 0.15) is 5.82 Å². The minimum atomic E-state index is -0.409. The predicted molar refractivity (Wildman–Crippen MR) is 58.1 cm³/mol. The number of rotatable bonds is 3. The number of hydrogen-bond acceptors (Lipinski definition) is 1. The molecule has 2 nitrogen and oxygen atoms in total. The van der Waals surface area contributed by atoms with E-state index in [0.717, 1.165) is 0 Å². The Morgan fingerprint density at radius 3 is 2.86 bits per heavy atom. The van der Waals surface area contributed by atoms with Crippen molar-refractivity contribution < 1.29 is 9.18 Å². The van der Waals surface area contributed by atoms with Crippen LogP contribution in [-0.4, -0.2) is 11.8 Å². The highest BCUT2D eigenvalue weighted by Crippen LogP contribution is 2.19. The summed E-state index contributed by atoms with van der Waals surface area (Å²) in [5.41, 5.74) is 0.431. The van der Waals surface area contributed by atoms with Crippen molar-refractivity contribution in [3.63, 3.8) is 0 Å². The van der Waals surface area contributed by atoms with Gasteiger partial charge in [-0.3, -0.25) is 4.79 Å². The smallest absolute Gasteiger partial charge is 0.225 e. The number of amides is 1. The van der Waals surface area contributed by atoms with Crippen LogP contribution in [0.4, 0.5) is 10.1 Å². The molecule has 0 saturated heterocycles. The Hall–Kier alpha value is -0.610. The van der Waals surface area contributed by atoms with Crippen LogP contribution < -0.4 is 5.32 Å². The molecule has 0 radical (unpaired) electrons. The standard InChI is InChI=1S/C9H8BrClFNO/c10-7-2-1-6(5-8(7)12)13-9(14)3-4-11/h1-2,5H,3-4H2,(H,13,14). The van der Waals surface area contributed by atoms with Crippen molar-refractivity contribution in [2.75, 3.05) is 11.2 Å². The number of alkyl halides is 1. The number of anilines is 1. The van der Waals surface area contributed by atoms with Crippen LogP contribution in [0.1, 0.15) is 6.42 Å². The first-order valence-electron chi connectivity index (χ1n) is 3.94. The summed E-state index contributed by atoms with van der Waals surface area (Å²) in [6.45, 7) is 0. The van der Waals surface area contributed by atoms with E-state index < -0.39 is 5.82 Å². The van der Waals surface area contributed by atoms with E-state index in [1.165, 1.54) is 12.1 Å². The average Bonchev–Trinajstić information content (AvgIpc) is 2.12. The third kappa shape index (κ3) is 3.27. The van der Waals surface area contributed by atoms with Crippen molar-refractivity contribution in [3.8, 4) is 0 Å². The predicted octanol–water partition coefficient (Wildman–Crippen LogP) is 3.16. The molecule has 0 saturated carbocycles. The molecule has 1 N–H and O–H groups in total. The van der Waals surface area contributed by atoms with Crippen LogP contribution in [0, 0.1) is 5.82 Å². The molecular weight excluding hydrogens is 272 g/mol. The van der Waals surface area contributed by atoms with Gasteiger partial charge in [-0.25, -0.2) is 4.39 Å². The van der Waals surface area contributed by atoms with Crippen LogP contribution in [0.15, 0.2) is 22.7 Å². The van der Waals surface area contributed by atoms with Gasteiger partial charge in [-0.1, -0.05) is 0 Å². The number of halogens is 3. The molecule has 1 amide bonds. The molecule has 0 atom stereocenters.